The van der Waals surface area contributed by atoms with Gasteiger partial charge in [0, 0.05) is 6.42 Å². The maximum absolute atomic E-state index is 11.0. The molecule has 1 aromatic heterocycles. The van der Waals surface area contributed by atoms with E-state index in [0.717, 1.165) is 35.4 Å². The van der Waals surface area contributed by atoms with Crippen LogP contribution in [0.2, 0.25) is 0 Å². The van der Waals surface area contributed by atoms with Gasteiger partial charge in [0.15, 0.2) is 0 Å². The lowest BCUT2D eigenvalue weighted by atomic mass is 9.76. The first-order valence-electron chi connectivity index (χ1n) is 11.9. The van der Waals surface area contributed by atoms with Crippen LogP contribution >= 0.6 is 0 Å². The summed E-state index contributed by atoms with van der Waals surface area (Å²) in [7, 11) is 0. The van der Waals surface area contributed by atoms with E-state index in [1.807, 2.05) is 54.6 Å². The zero-order valence-electron chi connectivity index (χ0n) is 20.1. The SMILES string of the molecule is CCCCc1nc(C(C)(C)O)c(C#N)n1C(c1ccccc1)(c1ccccc1)c1ccccc1. The van der Waals surface area contributed by atoms with E-state index >= 15 is 0 Å². The van der Waals surface area contributed by atoms with E-state index < -0.39 is 11.1 Å². The van der Waals surface area contributed by atoms with Gasteiger partial charge >= 0.3 is 0 Å². The monoisotopic (exact) mass is 449 g/mol. The highest BCUT2D eigenvalue weighted by Crippen LogP contribution is 2.44. The molecule has 0 unspecified atom stereocenters. The summed E-state index contributed by atoms with van der Waals surface area (Å²) in [4.78, 5) is 4.92. The molecule has 0 aliphatic rings. The first-order chi connectivity index (χ1) is 16.4. The van der Waals surface area contributed by atoms with Crippen molar-refractivity contribution in [2.75, 3.05) is 0 Å². The Labute approximate surface area is 202 Å². The minimum atomic E-state index is -1.26. The van der Waals surface area contributed by atoms with Crippen LogP contribution in [-0.4, -0.2) is 14.7 Å². The van der Waals surface area contributed by atoms with Crippen LogP contribution in [-0.2, 0) is 17.6 Å². The molecule has 4 rings (SSSR count). The molecule has 0 aliphatic carbocycles. The van der Waals surface area contributed by atoms with Crippen molar-refractivity contribution >= 4 is 0 Å². The molecule has 0 amide bonds. The van der Waals surface area contributed by atoms with E-state index in [4.69, 9.17) is 4.98 Å². The highest BCUT2D eigenvalue weighted by molar-refractivity contribution is 5.53. The summed E-state index contributed by atoms with van der Waals surface area (Å²) >= 11 is 0. The molecule has 34 heavy (non-hydrogen) atoms. The molecule has 0 atom stereocenters. The van der Waals surface area contributed by atoms with Gasteiger partial charge in [0.2, 0.25) is 0 Å². The van der Waals surface area contributed by atoms with Gasteiger partial charge in [0.25, 0.3) is 0 Å². The van der Waals surface area contributed by atoms with Gasteiger partial charge in [-0.25, -0.2) is 4.98 Å². The standard InChI is InChI=1S/C30H31N3O/c1-4-5-21-27-32-28(29(2,3)34)26(22-31)33(27)30(23-15-9-6-10-16-23,24-17-11-7-12-18-24)25-19-13-8-14-20-25/h6-20,34H,4-5,21H2,1-3H3. The molecule has 172 valence electrons. The van der Waals surface area contributed by atoms with E-state index in [9.17, 15) is 10.4 Å². The molecule has 0 aliphatic heterocycles. The van der Waals surface area contributed by atoms with Crippen LogP contribution in [0.3, 0.4) is 0 Å². The number of hydrogen-bond acceptors (Lipinski definition) is 3. The number of aryl methyl sites for hydroxylation is 1. The van der Waals surface area contributed by atoms with Crippen molar-refractivity contribution in [1.29, 1.82) is 5.26 Å². The van der Waals surface area contributed by atoms with Crippen LogP contribution < -0.4 is 0 Å². The smallest absolute Gasteiger partial charge is 0.147 e. The Hall–Kier alpha value is -3.68. The first-order valence-corrected chi connectivity index (χ1v) is 11.9. The van der Waals surface area contributed by atoms with Gasteiger partial charge in [0.05, 0.1) is 0 Å². The second kappa shape index (κ2) is 9.67. The molecule has 0 saturated carbocycles. The Morgan fingerprint density at radius 3 is 1.62 bits per heavy atom. The molecule has 4 heteroatoms. The van der Waals surface area contributed by atoms with Crippen LogP contribution in [0.25, 0.3) is 0 Å². The summed E-state index contributed by atoms with van der Waals surface area (Å²) in [5, 5.41) is 21.5. The predicted molar refractivity (Wildman–Crippen MR) is 135 cm³/mol. The number of rotatable bonds is 8. The molecule has 1 N–H and O–H groups in total. The number of aliphatic hydroxyl groups is 1. The average Bonchev–Trinajstić information content (AvgIpc) is 3.25. The highest BCUT2D eigenvalue weighted by atomic mass is 16.3. The third kappa shape index (κ3) is 4.04. The van der Waals surface area contributed by atoms with Crippen LogP contribution in [0, 0.1) is 11.3 Å². The summed E-state index contributed by atoms with van der Waals surface area (Å²) in [6.07, 6.45) is 2.64. The van der Waals surface area contributed by atoms with Crippen LogP contribution in [0.15, 0.2) is 91.0 Å². The minimum absolute atomic E-state index is 0.384. The number of unbranched alkanes of at least 4 members (excludes halogenated alkanes) is 1. The summed E-state index contributed by atoms with van der Waals surface area (Å²) in [5.41, 5.74) is 1.79. The Bertz CT molecular complexity index is 1170. The van der Waals surface area contributed by atoms with Gasteiger partial charge in [-0.05, 0) is 37.0 Å². The van der Waals surface area contributed by atoms with Gasteiger partial charge < -0.3 is 9.67 Å². The van der Waals surface area contributed by atoms with Crippen molar-refractivity contribution in [1.82, 2.24) is 9.55 Å². The van der Waals surface area contributed by atoms with Crippen molar-refractivity contribution in [2.45, 2.75) is 51.2 Å². The summed E-state index contributed by atoms with van der Waals surface area (Å²) in [5.74, 6) is 0.798. The molecule has 1 heterocycles. The maximum atomic E-state index is 11.0. The molecule has 0 spiro atoms. The normalized spacial score (nSPS) is 11.9. The molecule has 0 radical (unpaired) electrons. The van der Waals surface area contributed by atoms with Crippen LogP contribution in [0.5, 0.6) is 0 Å². The summed E-state index contributed by atoms with van der Waals surface area (Å²) in [6, 6.07) is 33.2. The topological polar surface area (TPSA) is 61.8 Å². The second-order valence-corrected chi connectivity index (χ2v) is 9.14. The quantitative estimate of drug-likeness (QED) is 0.328. The molecule has 4 aromatic rings. The third-order valence-corrected chi connectivity index (χ3v) is 6.30. The lowest BCUT2D eigenvalue weighted by Gasteiger charge is -2.39. The zero-order chi connectivity index (χ0) is 24.2. The molecular formula is C30H31N3O. The number of benzene rings is 3. The minimum Gasteiger partial charge on any atom is -0.384 e. The average molecular weight is 450 g/mol. The fraction of sp³-hybridized carbons (Fsp3) is 0.267. The van der Waals surface area contributed by atoms with E-state index in [-0.39, 0.29) is 0 Å². The molecular weight excluding hydrogens is 418 g/mol. The number of nitriles is 1. The lowest BCUT2D eigenvalue weighted by molar-refractivity contribution is 0.0737. The first kappa shape index (κ1) is 23.5. The van der Waals surface area contributed by atoms with E-state index in [2.05, 4.69) is 54.0 Å². The summed E-state index contributed by atoms with van der Waals surface area (Å²) < 4.78 is 2.08. The summed E-state index contributed by atoms with van der Waals surface area (Å²) in [6.45, 7) is 5.53. The fourth-order valence-electron chi connectivity index (χ4n) is 4.79. The largest absolute Gasteiger partial charge is 0.384 e. The van der Waals surface area contributed by atoms with Crippen molar-refractivity contribution in [3.05, 3.63) is 125 Å². The molecule has 3 aromatic carbocycles. The lowest BCUT2D eigenvalue weighted by Crippen LogP contribution is -2.40. The number of imidazole rings is 1. The zero-order valence-corrected chi connectivity index (χ0v) is 20.1. The van der Waals surface area contributed by atoms with Crippen molar-refractivity contribution in [3.8, 4) is 6.07 Å². The van der Waals surface area contributed by atoms with Gasteiger partial charge in [-0.1, -0.05) is 104 Å². The number of hydrogen-bond donors (Lipinski definition) is 1. The van der Waals surface area contributed by atoms with Crippen molar-refractivity contribution in [3.63, 3.8) is 0 Å². The molecule has 0 saturated heterocycles. The van der Waals surface area contributed by atoms with E-state index in [1.54, 1.807) is 13.8 Å². The number of aromatic nitrogens is 2. The van der Waals surface area contributed by atoms with E-state index in [0.29, 0.717) is 17.8 Å². The molecule has 0 bridgehead atoms. The van der Waals surface area contributed by atoms with Gasteiger partial charge in [-0.3, -0.25) is 0 Å². The van der Waals surface area contributed by atoms with Gasteiger partial charge in [-0.2, -0.15) is 5.26 Å². The van der Waals surface area contributed by atoms with Crippen LogP contribution in [0.4, 0.5) is 0 Å². The van der Waals surface area contributed by atoms with Crippen molar-refractivity contribution < 1.29 is 5.11 Å². The Balaban J connectivity index is 2.23. The highest BCUT2D eigenvalue weighted by Gasteiger charge is 2.43. The van der Waals surface area contributed by atoms with E-state index in [1.165, 1.54) is 0 Å². The number of nitrogens with zero attached hydrogens (tertiary/aromatic N) is 3. The second-order valence-electron chi connectivity index (χ2n) is 9.14. The van der Waals surface area contributed by atoms with Gasteiger partial charge in [-0.15, -0.1) is 0 Å². The molecule has 0 fully saturated rings. The maximum Gasteiger partial charge on any atom is 0.147 e. The fourth-order valence-corrected chi connectivity index (χ4v) is 4.79. The Kier molecular flexibility index (Phi) is 6.68. The predicted octanol–water partition coefficient (Wildman–Crippen LogP) is 6.16. The Morgan fingerprint density at radius 1 is 0.824 bits per heavy atom. The third-order valence-electron chi connectivity index (χ3n) is 6.30. The molecule has 4 nitrogen and oxygen atoms in total. The Morgan fingerprint density at radius 2 is 1.26 bits per heavy atom. The van der Waals surface area contributed by atoms with Crippen molar-refractivity contribution in [2.24, 2.45) is 0 Å². The van der Waals surface area contributed by atoms with Gasteiger partial charge in [0.1, 0.15) is 34.4 Å². The van der Waals surface area contributed by atoms with Crippen LogP contribution in [0.1, 0.15) is 67.5 Å².